The summed E-state index contributed by atoms with van der Waals surface area (Å²) in [6, 6.07) is 10.9. The average Bonchev–Trinajstić information content (AvgIpc) is 2.43. The molecular formula is C17H25Cl2N5. The number of nitrogens with two attached hydrogens (primary N) is 2. The van der Waals surface area contributed by atoms with E-state index >= 15 is 0 Å². The number of nitrogens with one attached hydrogen (secondary N) is 1. The second-order valence-corrected chi connectivity index (χ2v) is 6.13. The lowest BCUT2D eigenvalue weighted by molar-refractivity contribution is 0.345. The number of nitrogens with zero attached hydrogens (tertiary/aromatic N) is 2. The lowest BCUT2D eigenvalue weighted by Gasteiger charge is -2.32. The number of aryl methyl sites for hydroxylation is 1. The predicted molar refractivity (Wildman–Crippen MR) is 104 cm³/mol. The largest absolute Gasteiger partial charge is 0.370 e. The zero-order chi connectivity index (χ0) is 15.5. The van der Waals surface area contributed by atoms with Crippen molar-refractivity contribution in [3.8, 4) is 0 Å². The molecule has 1 aliphatic carbocycles. The van der Waals surface area contributed by atoms with Crippen LogP contribution in [0.1, 0.15) is 35.6 Å². The molecule has 1 aromatic carbocycles. The van der Waals surface area contributed by atoms with Gasteiger partial charge >= 0.3 is 0 Å². The van der Waals surface area contributed by atoms with Gasteiger partial charge in [-0.1, -0.05) is 29.8 Å². The number of benzene rings is 1. The fourth-order valence-corrected chi connectivity index (χ4v) is 2.89. The van der Waals surface area contributed by atoms with Crippen molar-refractivity contribution in [2.45, 2.75) is 38.1 Å². The van der Waals surface area contributed by atoms with Crippen molar-refractivity contribution < 1.29 is 0 Å². The van der Waals surface area contributed by atoms with Gasteiger partial charge < -0.3 is 16.8 Å². The number of nitrogen functional groups attached to an aromatic ring is 1. The van der Waals surface area contributed by atoms with Crippen molar-refractivity contribution >= 4 is 36.6 Å². The highest BCUT2D eigenvalue weighted by Crippen LogP contribution is 2.35. The highest BCUT2D eigenvalue weighted by Gasteiger charge is 2.29. The first-order valence-electron chi connectivity index (χ1n) is 7.79. The van der Waals surface area contributed by atoms with Crippen molar-refractivity contribution in [2.75, 3.05) is 17.6 Å². The number of anilines is 2. The van der Waals surface area contributed by atoms with E-state index < -0.39 is 0 Å². The van der Waals surface area contributed by atoms with E-state index in [1.165, 1.54) is 11.1 Å². The molecule has 5 nitrogen and oxygen atoms in total. The van der Waals surface area contributed by atoms with Crippen LogP contribution >= 0.6 is 24.8 Å². The summed E-state index contributed by atoms with van der Waals surface area (Å²) in [6.07, 6.45) is 2.92. The first kappa shape index (κ1) is 20.5. The van der Waals surface area contributed by atoms with Gasteiger partial charge in [0.05, 0.1) is 5.69 Å². The molecule has 7 heteroatoms. The van der Waals surface area contributed by atoms with Crippen molar-refractivity contribution in [2.24, 2.45) is 5.73 Å². The molecule has 24 heavy (non-hydrogen) atoms. The Labute approximate surface area is 155 Å². The molecule has 0 amide bonds. The third-order valence-corrected chi connectivity index (χ3v) is 4.16. The number of rotatable bonds is 5. The molecule has 5 N–H and O–H groups in total. The van der Waals surface area contributed by atoms with E-state index in [0.717, 1.165) is 37.3 Å². The van der Waals surface area contributed by atoms with Crippen LogP contribution in [0.25, 0.3) is 0 Å². The second kappa shape index (κ2) is 9.06. The van der Waals surface area contributed by atoms with Gasteiger partial charge in [0.25, 0.3) is 0 Å². The molecule has 0 aliphatic heterocycles. The highest BCUT2D eigenvalue weighted by molar-refractivity contribution is 5.85. The summed E-state index contributed by atoms with van der Waals surface area (Å²) < 4.78 is 0. The lowest BCUT2D eigenvalue weighted by atomic mass is 9.78. The Morgan fingerprint density at radius 2 is 1.92 bits per heavy atom. The highest BCUT2D eigenvalue weighted by atomic mass is 35.5. The molecule has 0 atom stereocenters. The summed E-state index contributed by atoms with van der Waals surface area (Å²) >= 11 is 0. The minimum atomic E-state index is 0. The smallest absolute Gasteiger partial charge is 0.222 e. The monoisotopic (exact) mass is 369 g/mol. The van der Waals surface area contributed by atoms with Gasteiger partial charge in [-0.25, -0.2) is 4.98 Å². The van der Waals surface area contributed by atoms with Gasteiger partial charge in [0.1, 0.15) is 5.82 Å². The molecule has 1 aromatic heterocycles. The zero-order valence-corrected chi connectivity index (χ0v) is 15.4. The SMILES string of the molecule is Cc1cccc(CCNc2cc(C3CC(N)C3)nc(N)n2)c1.Cl.Cl. The van der Waals surface area contributed by atoms with Gasteiger partial charge in [0, 0.05) is 24.6 Å². The molecule has 132 valence electrons. The molecule has 0 bridgehead atoms. The Kier molecular flexibility index (Phi) is 7.73. The van der Waals surface area contributed by atoms with Crippen LogP contribution in [0.3, 0.4) is 0 Å². The molecule has 0 spiro atoms. The molecule has 1 saturated carbocycles. The van der Waals surface area contributed by atoms with Crippen LogP contribution in [0, 0.1) is 6.92 Å². The summed E-state index contributed by atoms with van der Waals surface area (Å²) in [4.78, 5) is 8.61. The van der Waals surface area contributed by atoms with Crippen LogP contribution in [-0.4, -0.2) is 22.6 Å². The zero-order valence-electron chi connectivity index (χ0n) is 13.7. The van der Waals surface area contributed by atoms with E-state index in [1.807, 2.05) is 6.07 Å². The quantitative estimate of drug-likeness (QED) is 0.753. The number of halogens is 2. The molecule has 0 radical (unpaired) electrons. The summed E-state index contributed by atoms with van der Waals surface area (Å²) in [5, 5.41) is 3.35. The maximum atomic E-state index is 5.85. The van der Waals surface area contributed by atoms with Crippen LogP contribution < -0.4 is 16.8 Å². The van der Waals surface area contributed by atoms with Gasteiger partial charge in [-0.3, -0.25) is 0 Å². The number of aromatic nitrogens is 2. The van der Waals surface area contributed by atoms with E-state index in [4.69, 9.17) is 11.5 Å². The Bertz CT molecular complexity index is 659. The van der Waals surface area contributed by atoms with Crippen LogP contribution in [0.5, 0.6) is 0 Å². The van der Waals surface area contributed by atoms with Gasteiger partial charge in [0.2, 0.25) is 5.95 Å². The first-order chi connectivity index (χ1) is 10.6. The summed E-state index contributed by atoms with van der Waals surface area (Å²) in [7, 11) is 0. The van der Waals surface area contributed by atoms with Crippen LogP contribution in [0.2, 0.25) is 0 Å². The fourth-order valence-electron chi connectivity index (χ4n) is 2.89. The Hall–Kier alpha value is -1.56. The van der Waals surface area contributed by atoms with E-state index in [0.29, 0.717) is 17.9 Å². The lowest BCUT2D eigenvalue weighted by Crippen LogP contribution is -2.35. The normalized spacial score (nSPS) is 18.8. The third kappa shape index (κ3) is 5.23. The molecule has 2 aromatic rings. The molecular weight excluding hydrogens is 345 g/mol. The topological polar surface area (TPSA) is 89.8 Å². The van der Waals surface area contributed by atoms with Crippen LogP contribution in [-0.2, 0) is 6.42 Å². The van der Waals surface area contributed by atoms with E-state index in [1.54, 1.807) is 0 Å². The minimum Gasteiger partial charge on any atom is -0.370 e. The Morgan fingerprint density at radius 3 is 2.58 bits per heavy atom. The third-order valence-electron chi connectivity index (χ3n) is 4.16. The van der Waals surface area contributed by atoms with Crippen molar-refractivity contribution in [1.29, 1.82) is 0 Å². The predicted octanol–water partition coefficient (Wildman–Crippen LogP) is 3.07. The van der Waals surface area contributed by atoms with Gasteiger partial charge in [-0.05, 0) is 31.7 Å². The van der Waals surface area contributed by atoms with Crippen molar-refractivity contribution in [3.63, 3.8) is 0 Å². The summed E-state index contributed by atoms with van der Waals surface area (Å²) in [6.45, 7) is 2.93. The van der Waals surface area contributed by atoms with Crippen molar-refractivity contribution in [3.05, 3.63) is 47.2 Å². The fraction of sp³-hybridized carbons (Fsp3) is 0.412. The average molecular weight is 370 g/mol. The summed E-state index contributed by atoms with van der Waals surface area (Å²) in [5.74, 6) is 1.56. The standard InChI is InChI=1S/C17H23N5.2ClH/c1-11-3-2-4-12(7-11)5-6-20-16-10-15(21-17(19)22-16)13-8-14(18)9-13;;/h2-4,7,10,13-14H,5-6,8-9,18H2,1H3,(H3,19,20,21,22);2*1H. The number of hydrogen-bond acceptors (Lipinski definition) is 5. The van der Waals surface area contributed by atoms with Gasteiger partial charge in [-0.2, -0.15) is 4.98 Å². The van der Waals surface area contributed by atoms with E-state index in [-0.39, 0.29) is 24.8 Å². The van der Waals surface area contributed by atoms with E-state index in [2.05, 4.69) is 46.5 Å². The summed E-state index contributed by atoms with van der Waals surface area (Å²) in [5.41, 5.74) is 15.3. The van der Waals surface area contributed by atoms with Crippen molar-refractivity contribution in [1.82, 2.24) is 9.97 Å². The molecule has 0 saturated heterocycles. The maximum Gasteiger partial charge on any atom is 0.222 e. The Morgan fingerprint density at radius 1 is 1.17 bits per heavy atom. The van der Waals surface area contributed by atoms with Gasteiger partial charge in [0.15, 0.2) is 0 Å². The molecule has 0 unspecified atom stereocenters. The molecule has 1 heterocycles. The van der Waals surface area contributed by atoms with Gasteiger partial charge in [-0.15, -0.1) is 24.8 Å². The van der Waals surface area contributed by atoms with E-state index in [9.17, 15) is 0 Å². The Balaban J connectivity index is 0.00000144. The molecule has 1 aliphatic rings. The first-order valence-corrected chi connectivity index (χ1v) is 7.79. The second-order valence-electron chi connectivity index (χ2n) is 6.13. The molecule has 3 rings (SSSR count). The maximum absolute atomic E-state index is 5.85. The minimum absolute atomic E-state index is 0. The van der Waals surface area contributed by atoms with Crippen LogP contribution in [0.4, 0.5) is 11.8 Å². The number of hydrogen-bond donors (Lipinski definition) is 3. The van der Waals surface area contributed by atoms with Crippen LogP contribution in [0.15, 0.2) is 30.3 Å². The molecule has 1 fully saturated rings.